The lowest BCUT2D eigenvalue weighted by Gasteiger charge is -2.28. The van der Waals surface area contributed by atoms with Crippen molar-refractivity contribution in [3.8, 4) is 16.9 Å². The van der Waals surface area contributed by atoms with Gasteiger partial charge in [0.25, 0.3) is 10.0 Å². The topological polar surface area (TPSA) is 76.0 Å². The molecule has 0 fully saturated rings. The van der Waals surface area contributed by atoms with E-state index in [1.807, 2.05) is 42.5 Å². The van der Waals surface area contributed by atoms with E-state index in [-0.39, 0.29) is 23.7 Å². The number of allylic oxidation sites excluding steroid dienone is 2. The van der Waals surface area contributed by atoms with Crippen LogP contribution in [0.1, 0.15) is 0 Å². The highest BCUT2D eigenvalue weighted by molar-refractivity contribution is 7.90. The Morgan fingerprint density at radius 1 is 1.00 bits per heavy atom. The van der Waals surface area contributed by atoms with Gasteiger partial charge in [-0.2, -0.15) is 0 Å². The van der Waals surface area contributed by atoms with Gasteiger partial charge in [0.2, 0.25) is 0 Å². The van der Waals surface area contributed by atoms with E-state index < -0.39 is 16.0 Å². The van der Waals surface area contributed by atoms with Crippen molar-refractivity contribution in [3.63, 3.8) is 0 Å². The maximum absolute atomic E-state index is 12.6. The first-order valence-electron chi connectivity index (χ1n) is 8.38. The molecule has 2 aliphatic rings. The highest BCUT2D eigenvalue weighted by Gasteiger charge is 2.30. The fourth-order valence-electron chi connectivity index (χ4n) is 2.88. The van der Waals surface area contributed by atoms with E-state index in [1.165, 1.54) is 6.08 Å². The second-order valence-corrected chi connectivity index (χ2v) is 7.85. The zero-order valence-electron chi connectivity index (χ0n) is 14.3. The van der Waals surface area contributed by atoms with Crippen LogP contribution in [0.15, 0.2) is 82.9 Å². The number of rotatable bonds is 3. The van der Waals surface area contributed by atoms with Gasteiger partial charge >= 0.3 is 5.97 Å². The van der Waals surface area contributed by atoms with Crippen LogP contribution < -0.4 is 4.74 Å². The maximum atomic E-state index is 12.6. The van der Waals surface area contributed by atoms with Crippen LogP contribution in [-0.4, -0.2) is 37.4 Å². The lowest BCUT2D eigenvalue weighted by atomic mass is 10.1. The molecule has 0 aromatic heterocycles. The Bertz CT molecular complexity index is 1070. The zero-order chi connectivity index (χ0) is 18.9. The molecule has 7 heteroatoms. The molecule has 2 aromatic carbocycles. The predicted molar refractivity (Wildman–Crippen MR) is 103 cm³/mol. The van der Waals surface area contributed by atoms with Crippen LogP contribution in [0.5, 0.6) is 5.75 Å². The summed E-state index contributed by atoms with van der Waals surface area (Å²) >= 11 is 0. The Labute approximate surface area is 157 Å². The molecule has 4 rings (SSSR count). The predicted octanol–water partition coefficient (Wildman–Crippen LogP) is 2.76. The van der Waals surface area contributed by atoms with Crippen molar-refractivity contribution in [3.05, 3.63) is 78.5 Å². The molecule has 0 radical (unpaired) electrons. The number of ether oxygens (including phenoxy) is 1. The number of amidine groups is 1. The molecule has 2 heterocycles. The molecule has 136 valence electrons. The van der Waals surface area contributed by atoms with E-state index in [2.05, 4.69) is 4.40 Å². The summed E-state index contributed by atoms with van der Waals surface area (Å²) in [4.78, 5) is 14.2. The highest BCUT2D eigenvalue weighted by atomic mass is 32.2. The van der Waals surface area contributed by atoms with Crippen LogP contribution in [0.25, 0.3) is 11.1 Å². The third-order valence-corrected chi connectivity index (χ3v) is 5.40. The lowest BCUT2D eigenvalue weighted by Crippen LogP contribution is -2.40. The Kier molecular flexibility index (Phi) is 4.37. The summed E-state index contributed by atoms with van der Waals surface area (Å²) < 4.78 is 32.7. The van der Waals surface area contributed by atoms with Crippen LogP contribution in [0.4, 0.5) is 0 Å². The summed E-state index contributed by atoms with van der Waals surface area (Å²) in [5.41, 5.74) is 2.19. The van der Waals surface area contributed by atoms with Crippen molar-refractivity contribution in [2.45, 2.75) is 0 Å². The normalized spacial score (nSPS) is 17.6. The van der Waals surface area contributed by atoms with Gasteiger partial charge in [0.1, 0.15) is 11.3 Å². The van der Waals surface area contributed by atoms with E-state index >= 15 is 0 Å². The van der Waals surface area contributed by atoms with E-state index in [9.17, 15) is 13.2 Å². The van der Waals surface area contributed by atoms with Crippen molar-refractivity contribution in [1.82, 2.24) is 4.90 Å². The van der Waals surface area contributed by atoms with E-state index in [0.29, 0.717) is 5.75 Å². The second-order valence-electron chi connectivity index (χ2n) is 6.10. The summed E-state index contributed by atoms with van der Waals surface area (Å²) in [6.45, 7) is 0.258. The smallest absolute Gasteiger partial charge is 0.347 e. The molecule has 0 amide bonds. The largest absolute Gasteiger partial charge is 0.423 e. The maximum Gasteiger partial charge on any atom is 0.347 e. The standard InChI is InChI=1S/C20H16N2O4S/c23-20(18-7-4-12-22-13-14-27(24,25)21-19(18)22)26-17-10-8-16(9-11-17)15-5-2-1-3-6-15/h1-12H,13-14H2. The first kappa shape index (κ1) is 17.2. The number of carbonyl (C=O) groups excluding carboxylic acids is 1. The molecule has 0 saturated carbocycles. The fourth-order valence-corrected chi connectivity index (χ4v) is 3.87. The van der Waals surface area contributed by atoms with E-state index in [1.54, 1.807) is 29.3 Å². The second kappa shape index (κ2) is 6.85. The number of fused-ring (bicyclic) bond motifs is 1. The minimum atomic E-state index is -3.56. The third-order valence-electron chi connectivity index (χ3n) is 4.25. The molecule has 2 aromatic rings. The molecular formula is C20H16N2O4S. The molecule has 0 spiro atoms. The van der Waals surface area contributed by atoms with Crippen LogP contribution in [0, 0.1) is 0 Å². The Hall–Kier alpha value is -3.19. The molecule has 0 N–H and O–H groups in total. The number of esters is 1. The van der Waals surface area contributed by atoms with Gasteiger partial charge in [-0.05, 0) is 35.4 Å². The first-order valence-corrected chi connectivity index (χ1v) is 9.99. The molecule has 6 nitrogen and oxygen atoms in total. The molecule has 2 aliphatic heterocycles. The Balaban J connectivity index is 1.55. The summed E-state index contributed by atoms with van der Waals surface area (Å²) in [5.74, 6) is -0.243. The van der Waals surface area contributed by atoms with Crippen molar-refractivity contribution >= 4 is 21.8 Å². The highest BCUT2D eigenvalue weighted by Crippen LogP contribution is 2.24. The van der Waals surface area contributed by atoms with Crippen molar-refractivity contribution in [1.29, 1.82) is 0 Å². The number of carbonyl (C=O) groups is 1. The summed E-state index contributed by atoms with van der Waals surface area (Å²) in [7, 11) is -3.56. The average molecular weight is 380 g/mol. The number of hydrogen-bond donors (Lipinski definition) is 0. The molecular weight excluding hydrogens is 364 g/mol. The molecule has 0 unspecified atom stereocenters. The van der Waals surface area contributed by atoms with Gasteiger partial charge in [0, 0.05) is 12.7 Å². The Morgan fingerprint density at radius 2 is 1.70 bits per heavy atom. The first-order chi connectivity index (χ1) is 13.0. The van der Waals surface area contributed by atoms with Gasteiger partial charge in [-0.1, -0.05) is 42.5 Å². The van der Waals surface area contributed by atoms with Gasteiger partial charge in [0.05, 0.1) is 5.75 Å². The van der Waals surface area contributed by atoms with Crippen LogP contribution in [0.2, 0.25) is 0 Å². The third kappa shape index (κ3) is 3.68. The summed E-state index contributed by atoms with van der Waals surface area (Å²) in [5, 5.41) is 0. The number of hydrogen-bond acceptors (Lipinski definition) is 5. The minimum absolute atomic E-state index is 0.0793. The average Bonchev–Trinajstić information content (AvgIpc) is 2.68. The van der Waals surface area contributed by atoms with E-state index in [0.717, 1.165) is 11.1 Å². The van der Waals surface area contributed by atoms with Crippen molar-refractivity contribution in [2.24, 2.45) is 4.40 Å². The molecule has 27 heavy (non-hydrogen) atoms. The van der Waals surface area contributed by atoms with Crippen molar-refractivity contribution in [2.75, 3.05) is 12.3 Å². The fraction of sp³-hybridized carbons (Fsp3) is 0.100. The molecule has 0 saturated heterocycles. The van der Waals surface area contributed by atoms with Gasteiger partial charge in [0.15, 0.2) is 5.84 Å². The lowest BCUT2D eigenvalue weighted by molar-refractivity contribution is -0.129. The number of sulfonamides is 1. The monoisotopic (exact) mass is 380 g/mol. The number of benzene rings is 2. The van der Waals surface area contributed by atoms with Crippen LogP contribution >= 0.6 is 0 Å². The molecule has 0 bridgehead atoms. The minimum Gasteiger partial charge on any atom is -0.423 e. The van der Waals surface area contributed by atoms with Crippen LogP contribution in [-0.2, 0) is 14.8 Å². The zero-order valence-corrected chi connectivity index (χ0v) is 15.1. The van der Waals surface area contributed by atoms with Gasteiger partial charge in [-0.25, -0.2) is 13.2 Å². The quantitative estimate of drug-likeness (QED) is 0.605. The summed E-state index contributed by atoms with van der Waals surface area (Å²) in [6.07, 6.45) is 4.88. The van der Waals surface area contributed by atoms with Gasteiger partial charge < -0.3 is 9.64 Å². The molecule has 0 aliphatic carbocycles. The van der Waals surface area contributed by atoms with Gasteiger partial charge in [-0.15, -0.1) is 4.40 Å². The van der Waals surface area contributed by atoms with E-state index in [4.69, 9.17) is 4.74 Å². The SMILES string of the molecule is O=C(Oc1ccc(-c2ccccc2)cc1)C1=CC=CN2CCS(=O)(=O)N=C12. The Morgan fingerprint density at radius 3 is 2.44 bits per heavy atom. The van der Waals surface area contributed by atoms with Crippen molar-refractivity contribution < 1.29 is 17.9 Å². The number of nitrogens with zero attached hydrogens (tertiary/aromatic N) is 2. The van der Waals surface area contributed by atoms with Crippen LogP contribution in [0.3, 0.4) is 0 Å². The summed E-state index contributed by atoms with van der Waals surface area (Å²) in [6, 6.07) is 17.0. The van der Waals surface area contributed by atoms with Gasteiger partial charge in [-0.3, -0.25) is 0 Å². The molecule has 0 atom stereocenters.